The van der Waals surface area contributed by atoms with Gasteiger partial charge in [0, 0.05) is 37.4 Å². The number of aryl methyl sites for hydroxylation is 1. The number of hydrogen-bond donors (Lipinski definition) is 0. The third-order valence-corrected chi connectivity index (χ3v) is 6.06. The maximum absolute atomic E-state index is 13.4. The van der Waals surface area contributed by atoms with Gasteiger partial charge in [-0.15, -0.1) is 12.4 Å². The van der Waals surface area contributed by atoms with Crippen LogP contribution in [0.15, 0.2) is 42.5 Å². The fraction of sp³-hybridized carbons (Fsp3) is 0.391. The van der Waals surface area contributed by atoms with Crippen LogP contribution in [0.5, 0.6) is 0 Å². The van der Waals surface area contributed by atoms with Crippen molar-refractivity contribution in [1.29, 1.82) is 0 Å². The van der Waals surface area contributed by atoms with Crippen LogP contribution in [0.25, 0.3) is 10.2 Å². The molecule has 30 heavy (non-hydrogen) atoms. The van der Waals surface area contributed by atoms with E-state index in [9.17, 15) is 4.79 Å². The van der Waals surface area contributed by atoms with E-state index in [1.165, 1.54) is 5.56 Å². The lowest BCUT2D eigenvalue weighted by Crippen LogP contribution is -2.36. The average molecular weight is 447 g/mol. The maximum Gasteiger partial charge on any atom is 0.260 e. The summed E-state index contributed by atoms with van der Waals surface area (Å²) < 4.78 is 1.11. The van der Waals surface area contributed by atoms with Crippen molar-refractivity contribution in [3.05, 3.63) is 53.6 Å². The summed E-state index contributed by atoms with van der Waals surface area (Å²) in [6.45, 7) is 9.63. The molecule has 0 N–H and O–H groups in total. The van der Waals surface area contributed by atoms with Crippen LogP contribution in [0.3, 0.4) is 0 Å². The van der Waals surface area contributed by atoms with Gasteiger partial charge in [0.15, 0.2) is 5.13 Å². The quantitative estimate of drug-likeness (QED) is 0.483. The smallest absolute Gasteiger partial charge is 0.260 e. The first-order valence-electron chi connectivity index (χ1n) is 10.1. The first-order valence-corrected chi connectivity index (χ1v) is 10.9. The number of amides is 1. The molecule has 0 saturated heterocycles. The van der Waals surface area contributed by atoms with Gasteiger partial charge in [0.05, 0.1) is 10.2 Å². The normalized spacial score (nSPS) is 10.9. The van der Waals surface area contributed by atoms with E-state index in [1.807, 2.05) is 49.3 Å². The number of rotatable bonds is 8. The van der Waals surface area contributed by atoms with Crippen LogP contribution < -0.4 is 9.80 Å². The number of benzene rings is 2. The van der Waals surface area contributed by atoms with Crippen LogP contribution in [0.2, 0.25) is 0 Å². The summed E-state index contributed by atoms with van der Waals surface area (Å²) in [6.07, 6.45) is 0. The van der Waals surface area contributed by atoms with Crippen molar-refractivity contribution in [2.45, 2.75) is 20.8 Å². The van der Waals surface area contributed by atoms with Crippen LogP contribution >= 0.6 is 23.7 Å². The molecule has 0 unspecified atom stereocenters. The molecule has 1 heterocycles. The molecule has 0 aliphatic carbocycles. The van der Waals surface area contributed by atoms with Crippen molar-refractivity contribution in [2.75, 3.05) is 50.1 Å². The minimum atomic E-state index is -0.00581. The number of halogens is 1. The Morgan fingerprint density at radius 2 is 1.67 bits per heavy atom. The first kappa shape index (κ1) is 24.1. The summed E-state index contributed by atoms with van der Waals surface area (Å²) >= 11 is 1.58. The Morgan fingerprint density at radius 3 is 2.27 bits per heavy atom. The standard InChI is InChI=1S/C23H30N4OS.ClH/c1-6-26(7-2)19-11-9-18(10-12-19)22(28)27(15-14-25(4)5)23-24-20-13-8-17(3)16-21(20)29-23;/h8-13,16H,6-7,14-15H2,1-5H3;1H. The summed E-state index contributed by atoms with van der Waals surface area (Å²) in [4.78, 5) is 24.3. The number of fused-ring (bicyclic) bond motifs is 1. The van der Waals surface area contributed by atoms with Crippen molar-refractivity contribution >= 4 is 50.7 Å². The number of aromatic nitrogens is 1. The molecule has 162 valence electrons. The predicted octanol–water partition coefficient (Wildman–Crippen LogP) is 5.08. The van der Waals surface area contributed by atoms with E-state index in [1.54, 1.807) is 11.3 Å². The Kier molecular flexibility index (Phi) is 8.65. The Morgan fingerprint density at radius 1 is 1.00 bits per heavy atom. The van der Waals surface area contributed by atoms with Gasteiger partial charge in [0.1, 0.15) is 0 Å². The number of carbonyl (C=O) groups is 1. The molecule has 1 amide bonds. The van der Waals surface area contributed by atoms with Gasteiger partial charge >= 0.3 is 0 Å². The number of anilines is 2. The van der Waals surface area contributed by atoms with E-state index in [-0.39, 0.29) is 18.3 Å². The zero-order chi connectivity index (χ0) is 21.0. The van der Waals surface area contributed by atoms with Crippen molar-refractivity contribution in [3.8, 4) is 0 Å². The molecule has 3 aromatic rings. The van der Waals surface area contributed by atoms with Crippen LogP contribution in [0, 0.1) is 6.92 Å². The topological polar surface area (TPSA) is 39.7 Å². The number of hydrogen-bond acceptors (Lipinski definition) is 5. The SMILES string of the molecule is CCN(CC)c1ccc(C(=O)N(CCN(C)C)c2nc3ccc(C)cc3s2)cc1.Cl. The highest BCUT2D eigenvalue weighted by Crippen LogP contribution is 2.30. The Hall–Kier alpha value is -2.15. The molecule has 5 nitrogen and oxygen atoms in total. The van der Waals surface area contributed by atoms with Crippen LogP contribution in [0.4, 0.5) is 10.8 Å². The second-order valence-electron chi connectivity index (χ2n) is 7.45. The molecule has 0 aliphatic rings. The minimum absolute atomic E-state index is 0. The van der Waals surface area contributed by atoms with Crippen LogP contribution in [0.1, 0.15) is 29.8 Å². The highest BCUT2D eigenvalue weighted by atomic mass is 35.5. The molecular formula is C23H31ClN4OS. The van der Waals surface area contributed by atoms with E-state index in [0.29, 0.717) is 12.1 Å². The third-order valence-electron chi connectivity index (χ3n) is 5.02. The van der Waals surface area contributed by atoms with Gasteiger partial charge in [0.25, 0.3) is 5.91 Å². The number of likely N-dealkylation sites (N-methyl/N-ethyl adjacent to an activating group) is 1. The van der Waals surface area contributed by atoms with Gasteiger partial charge in [-0.25, -0.2) is 4.98 Å². The van der Waals surface area contributed by atoms with Crippen molar-refractivity contribution in [2.24, 2.45) is 0 Å². The highest BCUT2D eigenvalue weighted by molar-refractivity contribution is 7.22. The summed E-state index contributed by atoms with van der Waals surface area (Å²) in [5, 5.41) is 0.755. The molecule has 3 rings (SSSR count). The summed E-state index contributed by atoms with van der Waals surface area (Å²) in [5.41, 5.74) is 3.97. The van der Waals surface area contributed by atoms with Gasteiger partial charge in [-0.1, -0.05) is 17.4 Å². The lowest BCUT2D eigenvalue weighted by Gasteiger charge is -2.23. The molecular weight excluding hydrogens is 416 g/mol. The number of nitrogens with zero attached hydrogens (tertiary/aromatic N) is 4. The van der Waals surface area contributed by atoms with E-state index in [2.05, 4.69) is 42.7 Å². The average Bonchev–Trinajstić information content (AvgIpc) is 3.12. The monoisotopic (exact) mass is 446 g/mol. The minimum Gasteiger partial charge on any atom is -0.372 e. The summed E-state index contributed by atoms with van der Waals surface area (Å²) in [7, 11) is 4.03. The molecule has 0 atom stereocenters. The van der Waals surface area contributed by atoms with Gasteiger partial charge in [-0.2, -0.15) is 0 Å². The van der Waals surface area contributed by atoms with Gasteiger partial charge in [-0.05, 0) is 76.8 Å². The summed E-state index contributed by atoms with van der Waals surface area (Å²) in [6, 6.07) is 14.1. The lowest BCUT2D eigenvalue weighted by molar-refractivity contribution is 0.0985. The number of thiazole rings is 1. The van der Waals surface area contributed by atoms with Crippen LogP contribution in [-0.2, 0) is 0 Å². The van der Waals surface area contributed by atoms with Crippen LogP contribution in [-0.4, -0.2) is 56.1 Å². The fourth-order valence-corrected chi connectivity index (χ4v) is 4.37. The van der Waals surface area contributed by atoms with Gasteiger partial charge in [0.2, 0.25) is 0 Å². The van der Waals surface area contributed by atoms with E-state index >= 15 is 0 Å². The largest absolute Gasteiger partial charge is 0.372 e. The highest BCUT2D eigenvalue weighted by Gasteiger charge is 2.21. The molecule has 0 bridgehead atoms. The summed E-state index contributed by atoms with van der Waals surface area (Å²) in [5.74, 6) is -0.00581. The number of carbonyl (C=O) groups excluding carboxylic acids is 1. The zero-order valence-corrected chi connectivity index (χ0v) is 20.0. The maximum atomic E-state index is 13.4. The molecule has 0 aliphatic heterocycles. The Labute approximate surface area is 189 Å². The zero-order valence-electron chi connectivity index (χ0n) is 18.4. The van der Waals surface area contributed by atoms with Crippen molar-refractivity contribution in [3.63, 3.8) is 0 Å². The predicted molar refractivity (Wildman–Crippen MR) is 132 cm³/mol. The van der Waals surface area contributed by atoms with Gasteiger partial charge in [-0.3, -0.25) is 9.69 Å². The second kappa shape index (κ2) is 10.8. The van der Waals surface area contributed by atoms with E-state index in [4.69, 9.17) is 4.98 Å². The Balaban J connectivity index is 0.00000320. The van der Waals surface area contributed by atoms with E-state index in [0.717, 1.165) is 40.7 Å². The molecule has 0 fully saturated rings. The lowest BCUT2D eigenvalue weighted by atomic mass is 10.1. The second-order valence-corrected chi connectivity index (χ2v) is 8.46. The fourth-order valence-electron chi connectivity index (χ4n) is 3.28. The molecule has 0 saturated carbocycles. The van der Waals surface area contributed by atoms with Crippen molar-refractivity contribution in [1.82, 2.24) is 9.88 Å². The molecule has 0 spiro atoms. The van der Waals surface area contributed by atoms with Gasteiger partial charge < -0.3 is 9.80 Å². The molecule has 7 heteroatoms. The third kappa shape index (κ3) is 5.50. The molecule has 1 aromatic heterocycles. The van der Waals surface area contributed by atoms with E-state index < -0.39 is 0 Å². The first-order chi connectivity index (χ1) is 13.9. The molecule has 2 aromatic carbocycles. The van der Waals surface area contributed by atoms with Crippen molar-refractivity contribution < 1.29 is 4.79 Å². The Bertz CT molecular complexity index is 967. The molecule has 0 radical (unpaired) electrons.